The molecule has 0 aliphatic carbocycles. The Bertz CT molecular complexity index is 205. The van der Waals surface area contributed by atoms with Crippen molar-refractivity contribution in [3.8, 4) is 0 Å². The van der Waals surface area contributed by atoms with Gasteiger partial charge in [-0.05, 0) is 31.3 Å². The lowest BCUT2D eigenvalue weighted by Crippen LogP contribution is -2.56. The highest BCUT2D eigenvalue weighted by Crippen LogP contribution is 2.24. The summed E-state index contributed by atoms with van der Waals surface area (Å²) in [6.07, 6.45) is 6.49. The van der Waals surface area contributed by atoms with E-state index < -0.39 is 0 Å². The summed E-state index contributed by atoms with van der Waals surface area (Å²) in [6.45, 7) is 8.83. The van der Waals surface area contributed by atoms with Crippen LogP contribution in [0.25, 0.3) is 0 Å². The van der Waals surface area contributed by atoms with E-state index in [9.17, 15) is 5.11 Å². The molecule has 3 heteroatoms. The molecule has 0 spiro atoms. The summed E-state index contributed by atoms with van der Waals surface area (Å²) in [7, 11) is 0. The second-order valence-corrected chi connectivity index (χ2v) is 6.45. The third-order valence-corrected chi connectivity index (χ3v) is 3.96. The van der Waals surface area contributed by atoms with Crippen LogP contribution in [-0.2, 0) is 0 Å². The lowest BCUT2D eigenvalue weighted by molar-refractivity contribution is 0.0650. The molecule has 0 amide bonds. The van der Waals surface area contributed by atoms with Gasteiger partial charge in [-0.2, -0.15) is 0 Å². The van der Waals surface area contributed by atoms with E-state index in [0.717, 1.165) is 13.1 Å². The Balaban J connectivity index is 2.63. The molecule has 3 N–H and O–H groups in total. The van der Waals surface area contributed by atoms with Crippen LogP contribution in [0, 0.1) is 5.41 Å². The zero-order valence-electron chi connectivity index (χ0n) is 11.8. The topological polar surface area (TPSA) is 49.5 Å². The molecule has 3 nitrogen and oxygen atoms in total. The van der Waals surface area contributed by atoms with Crippen molar-refractivity contribution in [2.45, 2.75) is 65.0 Å². The van der Waals surface area contributed by atoms with E-state index >= 15 is 0 Å². The van der Waals surface area contributed by atoms with Crippen LogP contribution in [0.2, 0.25) is 0 Å². The first-order valence-electron chi connectivity index (χ1n) is 7.07. The van der Waals surface area contributed by atoms with Gasteiger partial charge in [0.1, 0.15) is 0 Å². The first-order chi connectivity index (χ1) is 7.96. The highest BCUT2D eigenvalue weighted by atomic mass is 16.3. The van der Waals surface area contributed by atoms with Crippen molar-refractivity contribution in [2.75, 3.05) is 19.7 Å². The minimum atomic E-state index is 0.0342. The van der Waals surface area contributed by atoms with Gasteiger partial charge in [0.05, 0.1) is 6.61 Å². The van der Waals surface area contributed by atoms with Gasteiger partial charge in [0.25, 0.3) is 0 Å². The second kappa shape index (κ2) is 6.72. The molecule has 1 saturated heterocycles. The van der Waals surface area contributed by atoms with Crippen LogP contribution in [0.1, 0.15) is 52.9 Å². The molecule has 0 bridgehead atoms. The molecule has 2 unspecified atom stereocenters. The van der Waals surface area contributed by atoms with Gasteiger partial charge in [-0.1, -0.05) is 40.0 Å². The molecule has 1 aliphatic heterocycles. The maximum atomic E-state index is 9.65. The quantitative estimate of drug-likeness (QED) is 0.795. The van der Waals surface area contributed by atoms with E-state index in [1.807, 2.05) is 0 Å². The maximum Gasteiger partial charge on any atom is 0.0602 e. The molecule has 1 fully saturated rings. The summed E-state index contributed by atoms with van der Waals surface area (Å²) < 4.78 is 0. The van der Waals surface area contributed by atoms with Gasteiger partial charge < -0.3 is 10.8 Å². The zero-order chi connectivity index (χ0) is 12.9. The second-order valence-electron chi connectivity index (χ2n) is 6.45. The van der Waals surface area contributed by atoms with Crippen LogP contribution in [0.4, 0.5) is 0 Å². The minimum absolute atomic E-state index is 0.0342. The Labute approximate surface area is 106 Å². The lowest BCUT2D eigenvalue weighted by Gasteiger charge is -2.40. The van der Waals surface area contributed by atoms with Crippen molar-refractivity contribution >= 4 is 0 Å². The number of rotatable bonds is 3. The molecule has 0 saturated carbocycles. The van der Waals surface area contributed by atoms with Crippen molar-refractivity contribution in [1.82, 2.24) is 4.90 Å². The average molecular weight is 242 g/mol. The highest BCUT2D eigenvalue weighted by molar-refractivity contribution is 4.90. The van der Waals surface area contributed by atoms with Crippen LogP contribution in [0.15, 0.2) is 0 Å². The molecular weight excluding hydrogens is 212 g/mol. The average Bonchev–Trinajstić information content (AvgIpc) is 2.20. The summed E-state index contributed by atoms with van der Waals surface area (Å²) in [5, 5.41) is 9.65. The molecule has 102 valence electrons. The van der Waals surface area contributed by atoms with Gasteiger partial charge in [-0.25, -0.2) is 0 Å². The zero-order valence-corrected chi connectivity index (χ0v) is 11.8. The Morgan fingerprint density at radius 3 is 1.94 bits per heavy atom. The van der Waals surface area contributed by atoms with Gasteiger partial charge in [0, 0.05) is 12.1 Å². The summed E-state index contributed by atoms with van der Waals surface area (Å²) in [5.74, 6) is 0. The first kappa shape index (κ1) is 14.9. The molecule has 0 aromatic rings. The molecule has 1 rings (SSSR count). The molecule has 1 heterocycles. The van der Waals surface area contributed by atoms with Gasteiger partial charge in [0.2, 0.25) is 0 Å². The van der Waals surface area contributed by atoms with E-state index in [4.69, 9.17) is 5.73 Å². The van der Waals surface area contributed by atoms with Crippen LogP contribution in [0.5, 0.6) is 0 Å². The van der Waals surface area contributed by atoms with Crippen LogP contribution >= 0.6 is 0 Å². The smallest absolute Gasteiger partial charge is 0.0602 e. The molecule has 17 heavy (non-hydrogen) atoms. The molecule has 0 aromatic carbocycles. The number of hydrogen-bond acceptors (Lipinski definition) is 3. The predicted octanol–water partition coefficient (Wildman–Crippen LogP) is 1.99. The van der Waals surface area contributed by atoms with E-state index in [1.165, 1.54) is 32.1 Å². The Hall–Kier alpha value is -0.120. The van der Waals surface area contributed by atoms with E-state index in [0.29, 0.717) is 0 Å². The summed E-state index contributed by atoms with van der Waals surface area (Å²) in [4.78, 5) is 2.41. The van der Waals surface area contributed by atoms with Gasteiger partial charge in [0.15, 0.2) is 0 Å². The largest absolute Gasteiger partial charge is 0.395 e. The molecule has 0 radical (unpaired) electrons. The number of aliphatic hydroxyl groups is 1. The standard InChI is InChI=1S/C14H30N2O/c1-14(2,3)13(15)12(11-17)16-9-7-5-4-6-8-10-16/h12-13,17H,4-11,15H2,1-3H3. The first-order valence-corrected chi connectivity index (χ1v) is 7.07. The van der Waals surface area contributed by atoms with Crippen molar-refractivity contribution < 1.29 is 5.11 Å². The van der Waals surface area contributed by atoms with Crippen LogP contribution in [0.3, 0.4) is 0 Å². The van der Waals surface area contributed by atoms with Crippen molar-refractivity contribution in [3.05, 3.63) is 0 Å². The van der Waals surface area contributed by atoms with Crippen LogP contribution in [-0.4, -0.2) is 41.8 Å². The Morgan fingerprint density at radius 2 is 1.53 bits per heavy atom. The number of likely N-dealkylation sites (tertiary alicyclic amines) is 1. The molecule has 1 aliphatic rings. The third-order valence-electron chi connectivity index (χ3n) is 3.96. The molecular formula is C14H30N2O. The van der Waals surface area contributed by atoms with Gasteiger partial charge in [-0.15, -0.1) is 0 Å². The third kappa shape index (κ3) is 4.57. The summed E-state index contributed by atoms with van der Waals surface area (Å²) in [5.41, 5.74) is 6.38. The highest BCUT2D eigenvalue weighted by Gasteiger charge is 2.32. The van der Waals surface area contributed by atoms with Gasteiger partial charge >= 0.3 is 0 Å². The summed E-state index contributed by atoms with van der Waals surface area (Å²) >= 11 is 0. The van der Waals surface area contributed by atoms with E-state index in [-0.39, 0.29) is 24.1 Å². The van der Waals surface area contributed by atoms with Gasteiger partial charge in [-0.3, -0.25) is 4.90 Å². The van der Waals surface area contributed by atoms with Crippen molar-refractivity contribution in [1.29, 1.82) is 0 Å². The van der Waals surface area contributed by atoms with Crippen LogP contribution < -0.4 is 5.73 Å². The lowest BCUT2D eigenvalue weighted by atomic mass is 9.82. The van der Waals surface area contributed by atoms with Crippen molar-refractivity contribution in [3.63, 3.8) is 0 Å². The number of nitrogens with two attached hydrogens (primary N) is 1. The molecule has 0 aromatic heterocycles. The normalized spacial score (nSPS) is 23.8. The number of hydrogen-bond donors (Lipinski definition) is 2. The Morgan fingerprint density at radius 1 is 1.06 bits per heavy atom. The maximum absolute atomic E-state index is 9.65. The monoisotopic (exact) mass is 242 g/mol. The van der Waals surface area contributed by atoms with E-state index in [2.05, 4.69) is 25.7 Å². The van der Waals surface area contributed by atoms with Crippen molar-refractivity contribution in [2.24, 2.45) is 11.1 Å². The summed E-state index contributed by atoms with van der Waals surface area (Å²) in [6, 6.07) is 0.153. The number of nitrogens with zero attached hydrogens (tertiary/aromatic N) is 1. The molecule has 2 atom stereocenters. The fourth-order valence-electron chi connectivity index (χ4n) is 2.64. The Kier molecular flexibility index (Phi) is 5.90. The van der Waals surface area contributed by atoms with E-state index in [1.54, 1.807) is 0 Å². The SMILES string of the molecule is CC(C)(C)C(N)C(CO)N1CCCCCCC1. The fourth-order valence-corrected chi connectivity index (χ4v) is 2.64. The predicted molar refractivity (Wildman–Crippen MR) is 73.0 cm³/mol. The number of aliphatic hydroxyl groups excluding tert-OH is 1. The minimum Gasteiger partial charge on any atom is -0.395 e. The fraction of sp³-hybridized carbons (Fsp3) is 1.00.